The van der Waals surface area contributed by atoms with Gasteiger partial charge in [-0.25, -0.2) is 14.2 Å². The van der Waals surface area contributed by atoms with Crippen molar-refractivity contribution < 1.29 is 46.7 Å². The highest BCUT2D eigenvalue weighted by Gasteiger charge is 2.30. The molecule has 1 aromatic rings. The number of alkyl carbamates (subject to hydrolysis) is 1. The molecule has 2 unspecified atom stereocenters. The van der Waals surface area contributed by atoms with Gasteiger partial charge in [0.25, 0.3) is 5.56 Å². The zero-order valence-electron chi connectivity index (χ0n) is 26.3. The monoisotopic (exact) mass is 684 g/mol. The molecular weight excluding hydrogens is 634 g/mol. The Morgan fingerprint density at radius 1 is 1.07 bits per heavy atom. The molecule has 0 aliphatic carbocycles. The van der Waals surface area contributed by atoms with E-state index in [1.807, 2.05) is 4.90 Å². The van der Waals surface area contributed by atoms with Crippen molar-refractivity contribution in [3.63, 3.8) is 0 Å². The Morgan fingerprint density at radius 3 is 2.40 bits per heavy atom. The fourth-order valence-corrected chi connectivity index (χ4v) is 5.74. The number of ether oxygens (including phenoxy) is 2. The van der Waals surface area contributed by atoms with Crippen LogP contribution in [0.4, 0.5) is 4.79 Å². The number of carbonyl (C=O) groups is 1. The van der Waals surface area contributed by atoms with Gasteiger partial charge in [-0.3, -0.25) is 28.3 Å². The van der Waals surface area contributed by atoms with Crippen molar-refractivity contribution in [1.29, 1.82) is 0 Å². The molecule has 1 saturated heterocycles. The van der Waals surface area contributed by atoms with E-state index in [0.717, 1.165) is 32.1 Å². The second-order valence-electron chi connectivity index (χ2n) is 10.6. The summed E-state index contributed by atoms with van der Waals surface area (Å²) in [6.45, 7) is 4.00. The number of hydrogen-bond acceptors (Lipinski definition) is 12. The van der Waals surface area contributed by atoms with Gasteiger partial charge in [-0.05, 0) is 19.3 Å². The number of hydrogen-bond donors (Lipinski definition) is 4. The van der Waals surface area contributed by atoms with E-state index in [0.29, 0.717) is 32.5 Å². The first-order valence-corrected chi connectivity index (χ1v) is 18.1. The number of nitrogens with zero attached hydrogens (tertiary/aromatic N) is 2. The van der Waals surface area contributed by atoms with E-state index in [1.54, 1.807) is 0 Å². The lowest BCUT2D eigenvalue weighted by molar-refractivity contribution is -0.135. The summed E-state index contributed by atoms with van der Waals surface area (Å²) < 4.78 is 44.5. The molecule has 2 rings (SSSR count). The summed E-state index contributed by atoms with van der Waals surface area (Å²) in [5.74, 6) is 0. The molecule has 2 heterocycles. The third kappa shape index (κ3) is 17.7. The SMILES string of the molecule is CCCCCCCCOP(=O)(O)OCCCCCCNC(=O)OCCN1C[C@@H](COP(O)OC)O[C@@H](n2ccc(=O)[nH]c2=O)C1. The van der Waals surface area contributed by atoms with Gasteiger partial charge in [0.05, 0.1) is 25.9 Å². The molecule has 0 aromatic carbocycles. The number of phosphoric acid groups is 1. The molecule has 1 fully saturated rings. The number of H-pyrrole nitrogens is 1. The summed E-state index contributed by atoms with van der Waals surface area (Å²) in [5.41, 5.74) is -1.15. The lowest BCUT2D eigenvalue weighted by Crippen LogP contribution is -2.50. The molecule has 1 aliphatic heterocycles. The molecule has 4 atom stereocenters. The van der Waals surface area contributed by atoms with E-state index >= 15 is 0 Å². The number of rotatable bonds is 24. The van der Waals surface area contributed by atoms with Gasteiger partial charge in [-0.15, -0.1) is 0 Å². The topological polar surface area (TPSA) is 200 Å². The van der Waals surface area contributed by atoms with Crippen LogP contribution >= 0.6 is 16.4 Å². The molecule has 1 aliphatic rings. The Bertz CT molecular complexity index is 1120. The van der Waals surface area contributed by atoms with Gasteiger partial charge in [0, 0.05) is 45.6 Å². The van der Waals surface area contributed by atoms with Gasteiger partial charge < -0.3 is 33.6 Å². The molecule has 1 aromatic heterocycles. The largest absolute Gasteiger partial charge is 0.472 e. The van der Waals surface area contributed by atoms with Gasteiger partial charge in [-0.2, -0.15) is 0 Å². The van der Waals surface area contributed by atoms with E-state index in [4.69, 9.17) is 27.6 Å². The average molecular weight is 685 g/mol. The summed E-state index contributed by atoms with van der Waals surface area (Å²) in [6.07, 6.45) is 8.71. The lowest BCUT2D eigenvalue weighted by atomic mass is 10.1. The fraction of sp³-hybridized carbons (Fsp3) is 0.815. The first kappa shape index (κ1) is 39.5. The van der Waals surface area contributed by atoms with Crippen LogP contribution in [0, 0.1) is 0 Å². The first-order chi connectivity index (χ1) is 21.6. The molecule has 0 spiro atoms. The third-order valence-electron chi connectivity index (χ3n) is 6.90. The molecule has 260 valence electrons. The number of aromatic nitrogens is 2. The minimum atomic E-state index is -4.02. The molecule has 0 radical (unpaired) electrons. The Labute approximate surface area is 265 Å². The van der Waals surface area contributed by atoms with E-state index in [9.17, 15) is 28.7 Å². The normalized spacial score (nSPS) is 19.2. The van der Waals surface area contributed by atoms with Crippen molar-refractivity contribution in [2.75, 3.05) is 59.7 Å². The van der Waals surface area contributed by atoms with Gasteiger partial charge in [-0.1, -0.05) is 51.9 Å². The smallest absolute Gasteiger partial charge is 0.448 e. The van der Waals surface area contributed by atoms with Gasteiger partial charge in [0.1, 0.15) is 6.61 Å². The Morgan fingerprint density at radius 2 is 1.73 bits per heavy atom. The van der Waals surface area contributed by atoms with Crippen molar-refractivity contribution >= 4 is 22.5 Å². The molecule has 16 nitrogen and oxygen atoms in total. The highest BCUT2D eigenvalue weighted by Crippen LogP contribution is 2.43. The van der Waals surface area contributed by atoms with Crippen LogP contribution in [0.25, 0.3) is 0 Å². The molecule has 1 amide bonds. The van der Waals surface area contributed by atoms with Crippen LogP contribution < -0.4 is 16.6 Å². The Kier molecular flexibility index (Phi) is 20.0. The number of phosphoric ester groups is 1. The van der Waals surface area contributed by atoms with Gasteiger partial charge in [0.15, 0.2) is 6.23 Å². The first-order valence-electron chi connectivity index (χ1n) is 15.5. The zero-order valence-corrected chi connectivity index (χ0v) is 28.1. The Hall–Kier alpha value is -1.71. The van der Waals surface area contributed by atoms with Crippen LogP contribution in [0.5, 0.6) is 0 Å². The van der Waals surface area contributed by atoms with Gasteiger partial charge >= 0.3 is 28.2 Å². The van der Waals surface area contributed by atoms with E-state index in [1.165, 1.54) is 43.2 Å². The highest BCUT2D eigenvalue weighted by atomic mass is 31.2. The summed E-state index contributed by atoms with van der Waals surface area (Å²) in [5, 5.41) is 2.70. The van der Waals surface area contributed by atoms with Crippen LogP contribution in [0.1, 0.15) is 77.4 Å². The van der Waals surface area contributed by atoms with Gasteiger partial charge in [0.2, 0.25) is 0 Å². The van der Waals surface area contributed by atoms with Crippen LogP contribution in [0.15, 0.2) is 21.9 Å². The highest BCUT2D eigenvalue weighted by molar-refractivity contribution is 7.47. The van der Waals surface area contributed by atoms with Crippen molar-refractivity contribution in [2.45, 2.75) is 83.5 Å². The van der Waals surface area contributed by atoms with E-state index in [2.05, 4.69) is 17.2 Å². The van der Waals surface area contributed by atoms with Crippen LogP contribution in [-0.4, -0.2) is 96.2 Å². The molecule has 0 bridgehead atoms. The molecule has 0 saturated carbocycles. The number of amides is 1. The van der Waals surface area contributed by atoms with Crippen LogP contribution in [-0.2, 0) is 32.1 Å². The third-order valence-corrected chi connectivity index (χ3v) is 8.60. The predicted octanol–water partition coefficient (Wildman–Crippen LogP) is 3.40. The number of carbonyl (C=O) groups excluding carboxylic acids is 1. The maximum Gasteiger partial charge on any atom is 0.472 e. The minimum absolute atomic E-state index is 0.000951. The quantitative estimate of drug-likeness (QED) is 0.0913. The molecule has 45 heavy (non-hydrogen) atoms. The van der Waals surface area contributed by atoms with E-state index < -0.39 is 46.1 Å². The van der Waals surface area contributed by atoms with Crippen LogP contribution in [0.2, 0.25) is 0 Å². The molecule has 18 heteroatoms. The summed E-state index contributed by atoms with van der Waals surface area (Å²) in [4.78, 5) is 59.4. The van der Waals surface area contributed by atoms with Crippen molar-refractivity contribution in [2.24, 2.45) is 0 Å². The predicted molar refractivity (Wildman–Crippen MR) is 167 cm³/mol. The number of aromatic amines is 1. The minimum Gasteiger partial charge on any atom is -0.448 e. The zero-order chi connectivity index (χ0) is 32.9. The number of morpholine rings is 1. The van der Waals surface area contributed by atoms with E-state index in [-0.39, 0.29) is 33.0 Å². The Balaban J connectivity index is 1.59. The summed E-state index contributed by atoms with van der Waals surface area (Å²) in [6, 6.07) is 1.22. The fourth-order valence-electron chi connectivity index (χ4n) is 4.54. The lowest BCUT2D eigenvalue weighted by Gasteiger charge is -2.38. The van der Waals surface area contributed by atoms with Crippen molar-refractivity contribution in [3.05, 3.63) is 33.1 Å². The van der Waals surface area contributed by atoms with Crippen molar-refractivity contribution in [1.82, 2.24) is 19.8 Å². The second-order valence-corrected chi connectivity index (χ2v) is 13.1. The summed E-state index contributed by atoms with van der Waals surface area (Å²) >= 11 is 0. The second kappa shape index (κ2) is 22.8. The number of nitrogens with one attached hydrogen (secondary N) is 2. The van der Waals surface area contributed by atoms with Crippen molar-refractivity contribution in [3.8, 4) is 0 Å². The van der Waals surface area contributed by atoms with Crippen LogP contribution in [0.3, 0.4) is 0 Å². The maximum absolute atomic E-state index is 12.3. The average Bonchev–Trinajstić information content (AvgIpc) is 3.00. The standard InChI is InChI=1S/C27H50N4O12P2/c1-3-4-5-6-8-11-17-41-45(36,37)42-18-12-9-7-10-14-28-27(34)39-19-16-30-20-23(22-40-44(35)38-2)43-25(21-30)31-15-13-24(32)29-26(31)33/h13,15,23,25,35H,3-12,14,16-22H2,1-2H3,(H,28,34)(H,36,37)(H,29,32,33)/t23-,25+,44?/m0/s1. The number of unbranched alkanes of at least 4 members (excludes halogenated alkanes) is 8. The maximum atomic E-state index is 12.3. The molecule has 4 N–H and O–H groups in total. The summed E-state index contributed by atoms with van der Waals surface area (Å²) in [7, 11) is -4.77. The molecular formula is C27H50N4O12P2.